The second-order valence-corrected chi connectivity index (χ2v) is 7.57. The van der Waals surface area contributed by atoms with E-state index in [-0.39, 0.29) is 12.5 Å². The Morgan fingerprint density at radius 3 is 2.50 bits per heavy atom. The largest absolute Gasteiger partial charge is 0.468 e. The zero-order valence-electron chi connectivity index (χ0n) is 16.8. The molecule has 0 fully saturated rings. The quantitative estimate of drug-likeness (QED) is 0.542. The van der Waals surface area contributed by atoms with Gasteiger partial charge >= 0.3 is 11.9 Å². The molecule has 0 aliphatic rings. The van der Waals surface area contributed by atoms with E-state index in [0.717, 1.165) is 11.1 Å². The Morgan fingerprint density at radius 2 is 1.80 bits per heavy atom. The van der Waals surface area contributed by atoms with Crippen molar-refractivity contribution in [3.8, 4) is 0 Å². The number of hydrogen-bond acceptors (Lipinski definition) is 6. The maximum absolute atomic E-state index is 12.4. The molecule has 8 heteroatoms. The molecule has 7 nitrogen and oxygen atoms in total. The molecule has 0 bridgehead atoms. The number of hydrogen-bond donors (Lipinski definition) is 0. The molecule has 0 aliphatic heterocycles. The van der Waals surface area contributed by atoms with Crippen molar-refractivity contribution in [3.63, 3.8) is 0 Å². The van der Waals surface area contributed by atoms with Gasteiger partial charge in [-0.25, -0.2) is 4.79 Å². The summed E-state index contributed by atoms with van der Waals surface area (Å²) in [4.78, 5) is 40.7. The van der Waals surface area contributed by atoms with Crippen molar-refractivity contribution in [2.75, 3.05) is 14.2 Å². The average Bonchev–Trinajstić information content (AvgIpc) is 3.09. The molecule has 2 aromatic carbocycles. The van der Waals surface area contributed by atoms with Crippen molar-refractivity contribution in [1.82, 2.24) is 4.57 Å². The summed E-state index contributed by atoms with van der Waals surface area (Å²) >= 11 is 1.24. The average molecular weight is 426 g/mol. The van der Waals surface area contributed by atoms with Crippen LogP contribution in [0.25, 0.3) is 10.2 Å². The third kappa shape index (κ3) is 5.21. The zero-order chi connectivity index (χ0) is 21.5. The van der Waals surface area contributed by atoms with Crippen LogP contribution in [0.3, 0.4) is 0 Å². The van der Waals surface area contributed by atoms with E-state index in [1.807, 2.05) is 30.3 Å². The van der Waals surface area contributed by atoms with E-state index in [1.165, 1.54) is 31.1 Å². The summed E-state index contributed by atoms with van der Waals surface area (Å²) < 4.78 is 11.9. The lowest BCUT2D eigenvalue weighted by atomic mass is 10.1. The molecular formula is C22H22N2O5S. The molecule has 0 aliphatic carbocycles. The highest BCUT2D eigenvalue weighted by Crippen LogP contribution is 2.20. The van der Waals surface area contributed by atoms with Crippen LogP contribution in [0, 0.1) is 0 Å². The highest BCUT2D eigenvalue weighted by Gasteiger charge is 2.14. The van der Waals surface area contributed by atoms with Gasteiger partial charge in [0.05, 0.1) is 30.0 Å². The number of carbonyl (C=O) groups is 3. The van der Waals surface area contributed by atoms with Crippen LogP contribution in [0.2, 0.25) is 0 Å². The number of aryl methyl sites for hydroxylation is 1. The highest BCUT2D eigenvalue weighted by molar-refractivity contribution is 7.16. The summed E-state index contributed by atoms with van der Waals surface area (Å²) in [6, 6.07) is 14.9. The minimum Gasteiger partial charge on any atom is -0.468 e. The molecule has 30 heavy (non-hydrogen) atoms. The summed E-state index contributed by atoms with van der Waals surface area (Å²) in [6.07, 6.45) is 1.77. The van der Waals surface area contributed by atoms with Crippen LogP contribution in [0.5, 0.6) is 0 Å². The summed E-state index contributed by atoms with van der Waals surface area (Å²) in [5, 5.41) is 0. The van der Waals surface area contributed by atoms with E-state index in [9.17, 15) is 14.4 Å². The number of aromatic nitrogens is 1. The second-order valence-electron chi connectivity index (χ2n) is 6.57. The Kier molecular flexibility index (Phi) is 7.13. The molecule has 1 aromatic heterocycles. The topological polar surface area (TPSA) is 87.0 Å². The van der Waals surface area contributed by atoms with Crippen LogP contribution in [-0.4, -0.2) is 36.6 Å². The Bertz CT molecular complexity index is 1130. The first-order valence-corrected chi connectivity index (χ1v) is 10.2. The fraction of sp³-hybridized carbons (Fsp3) is 0.273. The number of amides is 1. The number of ether oxygens (including phenoxy) is 2. The first kappa shape index (κ1) is 21.4. The number of nitrogens with zero attached hydrogens (tertiary/aromatic N) is 2. The Morgan fingerprint density at radius 1 is 1.03 bits per heavy atom. The van der Waals surface area contributed by atoms with Gasteiger partial charge in [-0.1, -0.05) is 41.7 Å². The van der Waals surface area contributed by atoms with E-state index < -0.39 is 11.9 Å². The van der Waals surface area contributed by atoms with Gasteiger partial charge in [-0.15, -0.1) is 0 Å². The van der Waals surface area contributed by atoms with E-state index in [0.29, 0.717) is 28.7 Å². The van der Waals surface area contributed by atoms with E-state index in [2.05, 4.69) is 4.99 Å². The summed E-state index contributed by atoms with van der Waals surface area (Å²) in [5.41, 5.74) is 2.24. The van der Waals surface area contributed by atoms with E-state index in [1.54, 1.807) is 22.8 Å². The number of thiazole rings is 1. The summed E-state index contributed by atoms with van der Waals surface area (Å²) in [7, 11) is 2.62. The third-order valence-electron chi connectivity index (χ3n) is 4.54. The molecule has 0 N–H and O–H groups in total. The van der Waals surface area contributed by atoms with Gasteiger partial charge in [0.15, 0.2) is 4.80 Å². The van der Waals surface area contributed by atoms with Crippen molar-refractivity contribution >= 4 is 39.4 Å². The Balaban J connectivity index is 1.87. The third-order valence-corrected chi connectivity index (χ3v) is 5.58. The van der Waals surface area contributed by atoms with Gasteiger partial charge in [-0.2, -0.15) is 4.99 Å². The van der Waals surface area contributed by atoms with Crippen LogP contribution in [0.4, 0.5) is 0 Å². The highest BCUT2D eigenvalue weighted by atomic mass is 32.1. The van der Waals surface area contributed by atoms with Gasteiger partial charge in [-0.05, 0) is 36.6 Å². The number of esters is 2. The summed E-state index contributed by atoms with van der Waals surface area (Å²) in [6.45, 7) is -0.0792. The summed E-state index contributed by atoms with van der Waals surface area (Å²) in [5.74, 6) is -1.17. The molecule has 0 unspecified atom stereocenters. The second kappa shape index (κ2) is 9.98. The van der Waals surface area contributed by atoms with E-state index >= 15 is 0 Å². The molecule has 0 saturated carbocycles. The van der Waals surface area contributed by atoms with Gasteiger partial charge in [0.1, 0.15) is 6.54 Å². The van der Waals surface area contributed by atoms with Crippen molar-refractivity contribution < 1.29 is 23.9 Å². The van der Waals surface area contributed by atoms with E-state index in [4.69, 9.17) is 9.47 Å². The fourth-order valence-corrected chi connectivity index (χ4v) is 4.09. The molecule has 1 heterocycles. The van der Waals surface area contributed by atoms with Crippen LogP contribution in [-0.2, 0) is 32.0 Å². The Hall–Kier alpha value is -3.26. The molecular weight excluding hydrogens is 404 g/mol. The maximum Gasteiger partial charge on any atom is 0.337 e. The first-order chi connectivity index (χ1) is 14.5. The lowest BCUT2D eigenvalue weighted by molar-refractivity contribution is -0.141. The molecule has 0 radical (unpaired) electrons. The number of benzene rings is 2. The zero-order valence-corrected chi connectivity index (χ0v) is 17.6. The maximum atomic E-state index is 12.4. The fourth-order valence-electron chi connectivity index (χ4n) is 3.00. The van der Waals surface area contributed by atoms with Crippen LogP contribution in [0.15, 0.2) is 53.5 Å². The van der Waals surface area contributed by atoms with Crippen molar-refractivity contribution in [1.29, 1.82) is 0 Å². The van der Waals surface area contributed by atoms with Gasteiger partial charge in [0.25, 0.3) is 0 Å². The molecule has 3 rings (SSSR count). The lowest BCUT2D eigenvalue weighted by Crippen LogP contribution is -2.22. The standard InChI is InChI=1S/C22H22N2O5S/c1-28-20(26)14-24-17-12-11-16(21(27)29-2)13-18(17)30-22(24)23-19(25)10-6-9-15-7-4-3-5-8-15/h3-5,7-8,11-13H,6,9-10,14H2,1-2H3. The number of methoxy groups -OCH3 is 2. The molecule has 1 amide bonds. The number of rotatable bonds is 7. The number of fused-ring (bicyclic) bond motifs is 1. The van der Waals surface area contributed by atoms with Crippen molar-refractivity contribution in [3.05, 3.63) is 64.5 Å². The Labute approximate surface area is 177 Å². The van der Waals surface area contributed by atoms with Gasteiger partial charge in [0.2, 0.25) is 5.91 Å². The van der Waals surface area contributed by atoms with Crippen molar-refractivity contribution in [2.24, 2.45) is 4.99 Å². The normalized spacial score (nSPS) is 11.5. The van der Waals surface area contributed by atoms with Crippen molar-refractivity contribution in [2.45, 2.75) is 25.8 Å². The SMILES string of the molecule is COC(=O)Cn1c(=NC(=O)CCCc2ccccc2)sc2cc(C(=O)OC)ccc21. The van der Waals surface area contributed by atoms with Gasteiger partial charge in [-0.3, -0.25) is 9.59 Å². The molecule has 0 spiro atoms. The predicted octanol–water partition coefficient (Wildman–Crippen LogP) is 3.11. The van der Waals surface area contributed by atoms with Gasteiger partial charge in [0, 0.05) is 6.42 Å². The molecule has 156 valence electrons. The molecule has 0 atom stereocenters. The molecule has 0 saturated heterocycles. The van der Waals surface area contributed by atoms with Crippen LogP contribution in [0.1, 0.15) is 28.8 Å². The van der Waals surface area contributed by atoms with Crippen LogP contribution < -0.4 is 4.80 Å². The monoisotopic (exact) mass is 426 g/mol. The first-order valence-electron chi connectivity index (χ1n) is 9.42. The molecule has 3 aromatic rings. The predicted molar refractivity (Wildman–Crippen MR) is 113 cm³/mol. The lowest BCUT2D eigenvalue weighted by Gasteiger charge is -2.04. The minimum absolute atomic E-state index is 0.0792. The van der Waals surface area contributed by atoms with Crippen LogP contribution >= 0.6 is 11.3 Å². The minimum atomic E-state index is -0.458. The van der Waals surface area contributed by atoms with Gasteiger partial charge < -0.3 is 14.0 Å². The number of carbonyl (C=O) groups excluding carboxylic acids is 3. The smallest absolute Gasteiger partial charge is 0.337 e.